The molecule has 16 heavy (non-hydrogen) atoms. The molecule has 0 atom stereocenters. The maximum Gasteiger partial charge on any atom is 0.0708 e. The van der Waals surface area contributed by atoms with E-state index in [0.717, 1.165) is 17.3 Å². The van der Waals surface area contributed by atoms with Gasteiger partial charge in [-0.3, -0.25) is 4.98 Å². The van der Waals surface area contributed by atoms with E-state index in [2.05, 4.69) is 41.1 Å². The Bertz CT molecular complexity index is 560. The molecule has 1 aromatic carbocycles. The van der Waals surface area contributed by atoms with Crippen LogP contribution in [0.25, 0.3) is 10.9 Å². The normalized spacial score (nSPS) is 14.4. The van der Waals surface area contributed by atoms with Crippen LogP contribution in [0.4, 0.5) is 0 Å². The van der Waals surface area contributed by atoms with Gasteiger partial charge in [-0.25, -0.2) is 0 Å². The molecule has 1 aliphatic carbocycles. The van der Waals surface area contributed by atoms with Gasteiger partial charge in [-0.15, -0.1) is 0 Å². The number of halogens is 1. The van der Waals surface area contributed by atoms with E-state index in [1.54, 1.807) is 0 Å². The van der Waals surface area contributed by atoms with Gasteiger partial charge in [-0.05, 0) is 49.4 Å². The zero-order chi connectivity index (χ0) is 11.1. The average Bonchev–Trinajstić information content (AvgIpc) is 2.73. The smallest absolute Gasteiger partial charge is 0.0708 e. The van der Waals surface area contributed by atoms with Crippen molar-refractivity contribution in [1.82, 2.24) is 4.98 Å². The van der Waals surface area contributed by atoms with Gasteiger partial charge in [0.05, 0.1) is 5.52 Å². The Morgan fingerprint density at radius 2 is 2.19 bits per heavy atom. The van der Waals surface area contributed by atoms with E-state index in [0.29, 0.717) is 0 Å². The molecule has 0 spiro atoms. The monoisotopic (exact) mass is 275 g/mol. The molecule has 0 saturated heterocycles. The third-order valence-corrected chi connectivity index (χ3v) is 3.98. The minimum Gasteiger partial charge on any atom is -0.253 e. The molecule has 1 aliphatic rings. The van der Waals surface area contributed by atoms with Crippen LogP contribution >= 0.6 is 15.9 Å². The van der Waals surface area contributed by atoms with Gasteiger partial charge in [0.2, 0.25) is 0 Å². The number of alkyl halides is 1. The van der Waals surface area contributed by atoms with E-state index in [9.17, 15) is 0 Å². The number of hydrogen-bond acceptors (Lipinski definition) is 1. The number of pyridine rings is 1. The fourth-order valence-corrected chi connectivity index (χ4v) is 3.27. The summed E-state index contributed by atoms with van der Waals surface area (Å²) >= 11 is 3.63. The molecule has 0 fully saturated rings. The van der Waals surface area contributed by atoms with Gasteiger partial charge >= 0.3 is 0 Å². The Balaban J connectivity index is 2.40. The van der Waals surface area contributed by atoms with E-state index >= 15 is 0 Å². The Morgan fingerprint density at radius 3 is 3.00 bits per heavy atom. The molecule has 2 aromatic rings. The van der Waals surface area contributed by atoms with Crippen molar-refractivity contribution in [2.24, 2.45) is 0 Å². The van der Waals surface area contributed by atoms with Crippen LogP contribution in [-0.2, 0) is 18.2 Å². The van der Waals surface area contributed by atoms with Gasteiger partial charge in [-0.1, -0.05) is 27.6 Å². The van der Waals surface area contributed by atoms with Crippen LogP contribution in [0.1, 0.15) is 28.8 Å². The second kappa shape index (κ2) is 3.85. The van der Waals surface area contributed by atoms with Gasteiger partial charge in [0.1, 0.15) is 0 Å². The standard InChI is InChI=1S/C14H14BrN/c1-9-5-6-14-11(7-9)12(8-15)10-3-2-4-13(10)16-14/h5-7H,2-4,8H2,1H3. The largest absolute Gasteiger partial charge is 0.253 e. The lowest BCUT2D eigenvalue weighted by molar-refractivity contribution is 0.900. The molecule has 1 nitrogen and oxygen atoms in total. The predicted molar refractivity (Wildman–Crippen MR) is 71.1 cm³/mol. The number of fused-ring (bicyclic) bond motifs is 2. The second-order valence-corrected chi connectivity index (χ2v) is 5.08. The number of aryl methyl sites for hydroxylation is 2. The lowest BCUT2D eigenvalue weighted by Crippen LogP contribution is -1.97. The molecule has 0 radical (unpaired) electrons. The summed E-state index contributed by atoms with van der Waals surface area (Å²) in [5.74, 6) is 0. The topological polar surface area (TPSA) is 12.9 Å². The zero-order valence-electron chi connectivity index (χ0n) is 9.39. The van der Waals surface area contributed by atoms with Crippen molar-refractivity contribution in [2.45, 2.75) is 31.5 Å². The van der Waals surface area contributed by atoms with E-state index in [-0.39, 0.29) is 0 Å². The summed E-state index contributed by atoms with van der Waals surface area (Å²) in [5.41, 5.74) is 6.75. The summed E-state index contributed by atoms with van der Waals surface area (Å²) in [4.78, 5) is 4.78. The summed E-state index contributed by atoms with van der Waals surface area (Å²) < 4.78 is 0. The Kier molecular flexibility index (Phi) is 2.47. The van der Waals surface area contributed by atoms with Crippen molar-refractivity contribution in [3.63, 3.8) is 0 Å². The quantitative estimate of drug-likeness (QED) is 0.719. The summed E-state index contributed by atoms with van der Waals surface area (Å²) in [7, 11) is 0. The lowest BCUT2D eigenvalue weighted by atomic mass is 10.0. The highest BCUT2D eigenvalue weighted by Crippen LogP contribution is 2.31. The van der Waals surface area contributed by atoms with Gasteiger partial charge in [0.25, 0.3) is 0 Å². The SMILES string of the molecule is Cc1ccc2nc3c(c(CBr)c2c1)CCC3. The maximum atomic E-state index is 4.78. The average molecular weight is 276 g/mol. The minimum atomic E-state index is 0.942. The summed E-state index contributed by atoms with van der Waals surface area (Å²) in [6.07, 6.45) is 3.62. The first-order chi connectivity index (χ1) is 7.79. The van der Waals surface area contributed by atoms with Crippen molar-refractivity contribution >= 4 is 26.8 Å². The van der Waals surface area contributed by atoms with E-state index < -0.39 is 0 Å². The molecular weight excluding hydrogens is 262 g/mol. The molecule has 0 unspecified atom stereocenters. The fourth-order valence-electron chi connectivity index (χ4n) is 2.63. The third-order valence-electron chi connectivity index (χ3n) is 3.42. The van der Waals surface area contributed by atoms with Gasteiger partial charge < -0.3 is 0 Å². The molecule has 0 saturated carbocycles. The summed E-state index contributed by atoms with van der Waals surface area (Å²) in [5, 5.41) is 2.27. The van der Waals surface area contributed by atoms with Gasteiger partial charge in [-0.2, -0.15) is 0 Å². The number of benzene rings is 1. The second-order valence-electron chi connectivity index (χ2n) is 4.52. The maximum absolute atomic E-state index is 4.78. The Morgan fingerprint density at radius 1 is 1.31 bits per heavy atom. The molecule has 1 heterocycles. The zero-order valence-corrected chi connectivity index (χ0v) is 11.0. The van der Waals surface area contributed by atoms with Crippen LogP contribution in [-0.4, -0.2) is 4.98 Å². The molecular formula is C14H14BrN. The third kappa shape index (κ3) is 1.47. The Labute approximate surface area is 104 Å². The predicted octanol–water partition coefficient (Wildman–Crippen LogP) is 3.93. The first-order valence-electron chi connectivity index (χ1n) is 5.76. The molecule has 2 heteroatoms. The van der Waals surface area contributed by atoms with Gasteiger partial charge in [0, 0.05) is 16.4 Å². The highest BCUT2D eigenvalue weighted by molar-refractivity contribution is 9.08. The molecule has 0 bridgehead atoms. The number of aromatic nitrogens is 1. The van der Waals surface area contributed by atoms with Crippen LogP contribution in [0.3, 0.4) is 0 Å². The minimum absolute atomic E-state index is 0.942. The van der Waals surface area contributed by atoms with Crippen LogP contribution in [0.2, 0.25) is 0 Å². The number of rotatable bonds is 1. The fraction of sp³-hybridized carbons (Fsp3) is 0.357. The number of hydrogen-bond donors (Lipinski definition) is 0. The first-order valence-corrected chi connectivity index (χ1v) is 6.88. The van der Waals surface area contributed by atoms with Crippen LogP contribution in [0, 0.1) is 6.92 Å². The highest BCUT2D eigenvalue weighted by atomic mass is 79.9. The van der Waals surface area contributed by atoms with Gasteiger partial charge in [0.15, 0.2) is 0 Å². The lowest BCUT2D eigenvalue weighted by Gasteiger charge is -2.10. The van der Waals surface area contributed by atoms with Crippen molar-refractivity contribution in [3.8, 4) is 0 Å². The molecule has 82 valence electrons. The first kappa shape index (κ1) is 10.3. The summed E-state index contributed by atoms with van der Waals surface area (Å²) in [6, 6.07) is 6.56. The molecule has 3 rings (SSSR count). The highest BCUT2D eigenvalue weighted by Gasteiger charge is 2.18. The summed E-state index contributed by atoms with van der Waals surface area (Å²) in [6.45, 7) is 2.14. The molecule has 1 aromatic heterocycles. The van der Waals surface area contributed by atoms with E-state index in [1.165, 1.54) is 40.6 Å². The molecule has 0 amide bonds. The van der Waals surface area contributed by atoms with Crippen molar-refractivity contribution in [1.29, 1.82) is 0 Å². The number of nitrogens with zero attached hydrogens (tertiary/aromatic N) is 1. The van der Waals surface area contributed by atoms with E-state index in [4.69, 9.17) is 4.98 Å². The van der Waals surface area contributed by atoms with Crippen LogP contribution < -0.4 is 0 Å². The molecule has 0 N–H and O–H groups in total. The van der Waals surface area contributed by atoms with Crippen molar-refractivity contribution in [2.75, 3.05) is 0 Å². The van der Waals surface area contributed by atoms with Crippen LogP contribution in [0.5, 0.6) is 0 Å². The van der Waals surface area contributed by atoms with E-state index in [1.807, 2.05) is 0 Å². The molecule has 0 aliphatic heterocycles. The van der Waals surface area contributed by atoms with Crippen LogP contribution in [0.15, 0.2) is 18.2 Å². The van der Waals surface area contributed by atoms with Crippen molar-refractivity contribution < 1.29 is 0 Å². The Hall–Kier alpha value is -0.890. The van der Waals surface area contributed by atoms with Crippen molar-refractivity contribution in [3.05, 3.63) is 40.6 Å².